The van der Waals surface area contributed by atoms with Crippen molar-refractivity contribution in [2.24, 2.45) is 0 Å². The van der Waals surface area contributed by atoms with Gasteiger partial charge in [0.1, 0.15) is 28.8 Å². The lowest BCUT2D eigenvalue weighted by atomic mass is 10.1. The molecular weight excluding hydrogens is 647 g/mol. The number of hydrogen-bond donors (Lipinski definition) is 0. The van der Waals surface area contributed by atoms with Crippen molar-refractivity contribution in [1.82, 2.24) is 19.3 Å². The van der Waals surface area contributed by atoms with Gasteiger partial charge in [-0.3, -0.25) is 4.57 Å². The second-order valence-corrected chi connectivity index (χ2v) is 13.2. The molecule has 3 aromatic heterocycles. The molecule has 0 N–H and O–H groups in total. The van der Waals surface area contributed by atoms with Crippen LogP contribution in [0.1, 0.15) is 25.3 Å². The molecule has 8 nitrogen and oxygen atoms in total. The highest BCUT2D eigenvalue weighted by Crippen LogP contribution is 2.43. The molecule has 0 aliphatic carbocycles. The topological polar surface area (TPSA) is 66.6 Å². The van der Waals surface area contributed by atoms with E-state index >= 15 is 0 Å². The summed E-state index contributed by atoms with van der Waals surface area (Å²) >= 11 is 0. The fraction of sp³-hybridized carbons (Fsp3) is 0.136. The van der Waals surface area contributed by atoms with Gasteiger partial charge in [-0.2, -0.15) is 4.68 Å². The van der Waals surface area contributed by atoms with Crippen LogP contribution in [0.3, 0.4) is 0 Å². The van der Waals surface area contributed by atoms with Crippen molar-refractivity contribution >= 4 is 27.6 Å². The lowest BCUT2D eigenvalue weighted by molar-refractivity contribution is 0.407. The van der Waals surface area contributed by atoms with Gasteiger partial charge in [-0.15, -0.1) is 5.10 Å². The van der Waals surface area contributed by atoms with E-state index in [-0.39, 0.29) is 0 Å². The summed E-state index contributed by atoms with van der Waals surface area (Å²) in [5, 5.41) is 7.38. The molecule has 0 amide bonds. The molecule has 258 valence electrons. The Hall–Kier alpha value is -6.54. The van der Waals surface area contributed by atoms with Gasteiger partial charge in [-0.1, -0.05) is 80.6 Å². The number of methoxy groups -OCH3 is 1. The summed E-state index contributed by atoms with van der Waals surface area (Å²) in [6.07, 6.45) is 1.89. The van der Waals surface area contributed by atoms with Gasteiger partial charge in [0.2, 0.25) is 5.88 Å². The van der Waals surface area contributed by atoms with Crippen molar-refractivity contribution in [2.75, 3.05) is 26.1 Å². The lowest BCUT2D eigenvalue weighted by Gasteiger charge is -2.14. The molecule has 0 fully saturated rings. The first-order valence-corrected chi connectivity index (χ1v) is 17.3. The van der Waals surface area contributed by atoms with E-state index in [2.05, 4.69) is 79.1 Å². The van der Waals surface area contributed by atoms with Gasteiger partial charge in [0.25, 0.3) is 0 Å². The van der Waals surface area contributed by atoms with Crippen LogP contribution in [0, 0.1) is 0 Å². The summed E-state index contributed by atoms with van der Waals surface area (Å²) in [6, 6.07) is 44.6. The first-order valence-electron chi connectivity index (χ1n) is 17.3. The molecule has 5 aromatic carbocycles. The first-order chi connectivity index (χ1) is 25.4. The Kier molecular flexibility index (Phi) is 8.57. The number of ether oxygens (including phenoxy) is 3. The van der Waals surface area contributed by atoms with Crippen LogP contribution < -0.4 is 19.1 Å². The van der Waals surface area contributed by atoms with Crippen molar-refractivity contribution in [3.05, 3.63) is 145 Å². The Morgan fingerprint density at radius 3 is 2.10 bits per heavy atom. The van der Waals surface area contributed by atoms with Crippen LogP contribution in [-0.4, -0.2) is 40.5 Å². The third-order valence-electron chi connectivity index (χ3n) is 9.16. The minimum Gasteiger partial charge on any atom is -0.497 e. The zero-order valence-corrected chi connectivity index (χ0v) is 29.8. The molecule has 0 radical (unpaired) electrons. The van der Waals surface area contributed by atoms with E-state index in [1.807, 2.05) is 103 Å². The first kappa shape index (κ1) is 32.7. The zero-order chi connectivity index (χ0) is 35.8. The fourth-order valence-corrected chi connectivity index (χ4v) is 6.60. The Bertz CT molecular complexity index is 2520. The number of para-hydroxylation sites is 2. The van der Waals surface area contributed by atoms with Crippen LogP contribution in [0.2, 0.25) is 0 Å². The number of benzene rings is 5. The largest absolute Gasteiger partial charge is 0.497 e. The molecule has 0 aliphatic rings. The average Bonchev–Trinajstić information content (AvgIpc) is 3.71. The predicted octanol–water partition coefficient (Wildman–Crippen LogP) is 10.8. The quantitative estimate of drug-likeness (QED) is 0.143. The molecule has 8 aromatic rings. The molecule has 8 heteroatoms. The Balaban J connectivity index is 1.26. The van der Waals surface area contributed by atoms with Gasteiger partial charge in [-0.05, 0) is 59.5 Å². The van der Waals surface area contributed by atoms with Crippen molar-refractivity contribution in [3.63, 3.8) is 0 Å². The van der Waals surface area contributed by atoms with E-state index in [1.165, 1.54) is 5.56 Å². The number of rotatable bonds is 10. The van der Waals surface area contributed by atoms with Gasteiger partial charge >= 0.3 is 0 Å². The molecule has 0 spiro atoms. The monoisotopic (exact) mass is 685 g/mol. The summed E-state index contributed by atoms with van der Waals surface area (Å²) in [6.45, 7) is 4.40. The number of fused-ring (bicyclic) bond motifs is 3. The lowest BCUT2D eigenvalue weighted by Crippen LogP contribution is -2.11. The fourth-order valence-electron chi connectivity index (χ4n) is 6.60. The highest BCUT2D eigenvalue weighted by molar-refractivity contribution is 6.09. The molecule has 0 saturated heterocycles. The van der Waals surface area contributed by atoms with Crippen molar-refractivity contribution in [3.8, 4) is 51.5 Å². The van der Waals surface area contributed by atoms with Gasteiger partial charge in [0, 0.05) is 55.3 Å². The summed E-state index contributed by atoms with van der Waals surface area (Å²) in [7, 11) is 5.61. The molecular formula is C44H39N5O3. The number of nitrogens with zero attached hydrogens (tertiary/aromatic N) is 5. The Morgan fingerprint density at radius 2 is 1.35 bits per heavy atom. The Morgan fingerprint density at radius 1 is 0.635 bits per heavy atom. The normalized spacial score (nSPS) is 11.3. The maximum Gasteiger partial charge on any atom is 0.232 e. The van der Waals surface area contributed by atoms with Crippen LogP contribution in [0.15, 0.2) is 140 Å². The number of anilines is 1. The van der Waals surface area contributed by atoms with Crippen LogP contribution in [-0.2, 0) is 0 Å². The van der Waals surface area contributed by atoms with Gasteiger partial charge < -0.3 is 19.1 Å². The van der Waals surface area contributed by atoms with Gasteiger partial charge in [-0.25, -0.2) is 4.98 Å². The zero-order valence-electron chi connectivity index (χ0n) is 29.8. The number of aromatic nitrogens is 4. The molecule has 0 atom stereocenters. The van der Waals surface area contributed by atoms with Crippen LogP contribution in [0.5, 0.6) is 28.9 Å². The van der Waals surface area contributed by atoms with Crippen molar-refractivity contribution < 1.29 is 14.2 Å². The van der Waals surface area contributed by atoms with E-state index < -0.39 is 0 Å². The third-order valence-corrected chi connectivity index (χ3v) is 9.16. The highest BCUT2D eigenvalue weighted by Gasteiger charge is 2.25. The summed E-state index contributed by atoms with van der Waals surface area (Å²) in [5.41, 5.74) is 5.89. The summed E-state index contributed by atoms with van der Waals surface area (Å²) in [5.74, 6) is 5.16. The average molecular weight is 686 g/mol. The molecule has 0 saturated carbocycles. The molecule has 8 rings (SSSR count). The molecule has 3 heterocycles. The highest BCUT2D eigenvalue weighted by atomic mass is 16.5. The van der Waals surface area contributed by atoms with Crippen molar-refractivity contribution in [1.29, 1.82) is 0 Å². The van der Waals surface area contributed by atoms with E-state index in [9.17, 15) is 0 Å². The van der Waals surface area contributed by atoms with Crippen LogP contribution >= 0.6 is 0 Å². The summed E-state index contributed by atoms with van der Waals surface area (Å²) in [4.78, 5) is 6.80. The van der Waals surface area contributed by atoms with E-state index in [4.69, 9.17) is 24.3 Å². The van der Waals surface area contributed by atoms with Crippen LogP contribution in [0.4, 0.5) is 5.82 Å². The maximum absolute atomic E-state index is 6.66. The second kappa shape index (κ2) is 13.6. The number of hydrogen-bond acceptors (Lipinski definition) is 6. The number of pyridine rings is 1. The smallest absolute Gasteiger partial charge is 0.232 e. The van der Waals surface area contributed by atoms with Crippen LogP contribution in [0.25, 0.3) is 44.4 Å². The SMILES string of the molecule is COc1cc(Oc2ccc3c4ccccc4n(-c4cc(C(C)C)ccn4)c3c2)cc(-n2nc(N(C)C)c(-c3ccccc3)c2Oc2ccccc2)c1. The van der Waals surface area contributed by atoms with Crippen molar-refractivity contribution in [2.45, 2.75) is 19.8 Å². The molecule has 0 aliphatic heterocycles. The third kappa shape index (κ3) is 6.09. The Labute approximate surface area is 303 Å². The maximum atomic E-state index is 6.66. The molecule has 0 bridgehead atoms. The van der Waals surface area contributed by atoms with E-state index in [0.29, 0.717) is 34.8 Å². The predicted molar refractivity (Wildman–Crippen MR) is 209 cm³/mol. The molecule has 52 heavy (non-hydrogen) atoms. The standard InChI is InChI=1S/C44H39N5O3/c1-29(2)31-22-23-45-41(24-31)48-39-19-13-12-18-37(39)38-21-20-34(28-40(38)48)51-36-26-32(25-35(27-36)50-5)49-44(52-33-16-10-7-11-17-33)42(43(46-49)47(3)4)30-14-8-6-9-15-30/h6-29H,1-5H3. The summed E-state index contributed by atoms with van der Waals surface area (Å²) < 4.78 is 23.2. The van der Waals surface area contributed by atoms with E-state index in [0.717, 1.165) is 50.3 Å². The van der Waals surface area contributed by atoms with Gasteiger partial charge in [0.05, 0.1) is 29.4 Å². The minimum atomic E-state index is 0.377. The van der Waals surface area contributed by atoms with E-state index in [1.54, 1.807) is 7.11 Å². The minimum absolute atomic E-state index is 0.377. The second-order valence-electron chi connectivity index (χ2n) is 13.2. The molecule has 0 unspecified atom stereocenters. The van der Waals surface area contributed by atoms with Gasteiger partial charge in [0.15, 0.2) is 5.82 Å².